The molecule has 0 spiro atoms. The van der Waals surface area contributed by atoms with E-state index in [0.29, 0.717) is 18.8 Å². The second kappa shape index (κ2) is 12.0. The van der Waals surface area contributed by atoms with Gasteiger partial charge in [-0.25, -0.2) is 14.8 Å². The predicted octanol–water partition coefficient (Wildman–Crippen LogP) is 4.35. The number of nitrogens with zero attached hydrogens (tertiary/aromatic N) is 4. The maximum Gasteiger partial charge on any atom is 0.404 e. The summed E-state index contributed by atoms with van der Waals surface area (Å²) in [5.74, 6) is -0.221. The fourth-order valence-corrected chi connectivity index (χ4v) is 5.66. The number of carbonyl (C=O) groups is 2. The molecule has 4 aromatic rings. The topological polar surface area (TPSA) is 135 Å². The van der Waals surface area contributed by atoms with Crippen LogP contribution in [0.25, 0.3) is 16.7 Å². The Morgan fingerprint density at radius 2 is 1.90 bits per heavy atom. The zero-order valence-corrected chi connectivity index (χ0v) is 23.6. The number of ether oxygens (including phenoxy) is 1. The second-order valence-corrected chi connectivity index (χ2v) is 10.7. The number of hydrogen-bond acceptors (Lipinski definition) is 6. The number of imidazole rings is 1. The van der Waals surface area contributed by atoms with Gasteiger partial charge in [-0.2, -0.15) is 0 Å². The highest BCUT2D eigenvalue weighted by atomic mass is 127. The number of amides is 2. The summed E-state index contributed by atoms with van der Waals surface area (Å²) in [7, 11) is 1.63. The molecule has 204 valence electrons. The van der Waals surface area contributed by atoms with Crippen LogP contribution in [0, 0.1) is 3.70 Å². The van der Waals surface area contributed by atoms with Gasteiger partial charge in [-0.3, -0.25) is 9.36 Å². The molecule has 1 aliphatic rings. The molecule has 0 unspecified atom stereocenters. The number of benzene rings is 1. The van der Waals surface area contributed by atoms with Crippen molar-refractivity contribution in [1.82, 2.24) is 29.7 Å². The number of fused-ring (bicyclic) bond motifs is 1. The number of anilines is 1. The molecule has 1 fully saturated rings. The van der Waals surface area contributed by atoms with Crippen molar-refractivity contribution in [3.63, 3.8) is 0 Å². The summed E-state index contributed by atoms with van der Waals surface area (Å²) >= 11 is 2.24. The first-order valence-electron chi connectivity index (χ1n) is 12.7. The lowest BCUT2D eigenvalue weighted by atomic mass is 9.91. The van der Waals surface area contributed by atoms with Crippen LogP contribution in [0.4, 0.5) is 10.5 Å². The van der Waals surface area contributed by atoms with Crippen LogP contribution in [0.3, 0.4) is 0 Å². The molecule has 1 aliphatic carbocycles. The van der Waals surface area contributed by atoms with Crippen LogP contribution in [-0.4, -0.2) is 55.4 Å². The third-order valence-electron chi connectivity index (χ3n) is 6.97. The molecule has 5 rings (SSSR count). The standard InChI is InChI=1S/C27H30IN7O4/c1-39-16-35-23(28)12-21-24(32-18-4-6-19(7-5-18)33-27(37)38)22(14-30-25(21)35)26(36)31-13-17-2-8-20(9-3-17)34-11-10-29-15-34/h2-3,8-12,14-15,18-19,33H,4-7,13,16H2,1H3,(H,30,32)(H,31,36)(H,37,38)/t18-,19-. The molecule has 1 aromatic carbocycles. The molecule has 0 radical (unpaired) electrons. The van der Waals surface area contributed by atoms with Crippen molar-refractivity contribution in [2.75, 3.05) is 12.4 Å². The lowest BCUT2D eigenvalue weighted by molar-refractivity contribution is 0.0951. The highest BCUT2D eigenvalue weighted by molar-refractivity contribution is 14.1. The van der Waals surface area contributed by atoms with Gasteiger partial charge in [0, 0.05) is 55.4 Å². The Balaban J connectivity index is 1.36. The minimum absolute atomic E-state index is 0.0512. The molecular formula is C27H30IN7O4. The maximum atomic E-state index is 13.5. The Morgan fingerprint density at radius 1 is 1.15 bits per heavy atom. The summed E-state index contributed by atoms with van der Waals surface area (Å²) in [6.07, 6.45) is 9.01. The smallest absolute Gasteiger partial charge is 0.404 e. The molecule has 0 aliphatic heterocycles. The minimum atomic E-state index is -0.994. The van der Waals surface area contributed by atoms with Crippen LogP contribution in [0.5, 0.6) is 0 Å². The van der Waals surface area contributed by atoms with Crippen molar-refractivity contribution in [3.05, 3.63) is 70.1 Å². The van der Waals surface area contributed by atoms with Gasteiger partial charge >= 0.3 is 6.09 Å². The SMILES string of the molecule is COCn1c(I)cc2c(N[C@H]3CC[C@H](NC(=O)O)CC3)c(C(=O)NCc3ccc(-n4ccnc4)cc3)cnc21. The Morgan fingerprint density at radius 3 is 2.56 bits per heavy atom. The van der Waals surface area contributed by atoms with Crippen molar-refractivity contribution in [2.45, 2.75) is 51.0 Å². The molecule has 1 saturated carbocycles. The molecule has 0 saturated heterocycles. The van der Waals surface area contributed by atoms with E-state index in [1.807, 2.05) is 45.7 Å². The summed E-state index contributed by atoms with van der Waals surface area (Å²) < 4.78 is 10.2. The first kappa shape index (κ1) is 26.9. The first-order chi connectivity index (χ1) is 18.9. The highest BCUT2D eigenvalue weighted by Crippen LogP contribution is 2.32. The molecule has 0 bridgehead atoms. The third-order valence-corrected chi connectivity index (χ3v) is 7.86. The fourth-order valence-electron chi connectivity index (χ4n) is 4.98. The first-order valence-corrected chi connectivity index (χ1v) is 13.8. The summed E-state index contributed by atoms with van der Waals surface area (Å²) in [6, 6.07) is 9.99. The van der Waals surface area contributed by atoms with Crippen molar-refractivity contribution in [1.29, 1.82) is 0 Å². The average Bonchev–Trinajstić information content (AvgIpc) is 3.58. The average molecular weight is 643 g/mol. The van der Waals surface area contributed by atoms with Crippen LogP contribution < -0.4 is 16.0 Å². The van der Waals surface area contributed by atoms with Gasteiger partial charge in [-0.05, 0) is 72.0 Å². The van der Waals surface area contributed by atoms with Crippen molar-refractivity contribution in [3.8, 4) is 5.69 Å². The van der Waals surface area contributed by atoms with Crippen LogP contribution in [0.1, 0.15) is 41.6 Å². The normalized spacial score (nSPS) is 17.2. The minimum Gasteiger partial charge on any atom is -0.465 e. The summed E-state index contributed by atoms with van der Waals surface area (Å²) in [4.78, 5) is 33.2. The van der Waals surface area contributed by atoms with Crippen molar-refractivity contribution in [2.24, 2.45) is 0 Å². The number of hydrogen-bond donors (Lipinski definition) is 4. The molecular weight excluding hydrogens is 613 g/mol. The van der Waals surface area contributed by atoms with E-state index in [9.17, 15) is 9.59 Å². The van der Waals surface area contributed by atoms with E-state index in [0.717, 1.165) is 57.4 Å². The van der Waals surface area contributed by atoms with Gasteiger partial charge < -0.3 is 30.4 Å². The highest BCUT2D eigenvalue weighted by Gasteiger charge is 2.26. The van der Waals surface area contributed by atoms with Crippen molar-refractivity contribution >= 4 is 51.3 Å². The molecule has 3 aromatic heterocycles. The Labute approximate surface area is 239 Å². The summed E-state index contributed by atoms with van der Waals surface area (Å²) in [5.41, 5.74) is 3.90. The second-order valence-electron chi connectivity index (χ2n) is 9.56. The van der Waals surface area contributed by atoms with E-state index in [2.05, 4.69) is 48.5 Å². The van der Waals surface area contributed by atoms with Crippen LogP contribution in [0.15, 0.2) is 55.2 Å². The zero-order chi connectivity index (χ0) is 27.4. The van der Waals surface area contributed by atoms with E-state index >= 15 is 0 Å². The van der Waals surface area contributed by atoms with Gasteiger partial charge in [-0.1, -0.05) is 12.1 Å². The Bertz CT molecular complexity index is 1450. The Kier molecular flexibility index (Phi) is 8.31. The zero-order valence-electron chi connectivity index (χ0n) is 21.4. The summed E-state index contributed by atoms with van der Waals surface area (Å²) in [6.45, 7) is 0.718. The molecule has 3 heterocycles. The van der Waals surface area contributed by atoms with Gasteiger partial charge in [-0.15, -0.1) is 0 Å². The molecule has 11 nitrogen and oxygen atoms in total. The molecule has 0 atom stereocenters. The monoisotopic (exact) mass is 643 g/mol. The number of rotatable bonds is 9. The summed E-state index contributed by atoms with van der Waals surface area (Å²) in [5, 5.41) is 19.1. The number of nitrogens with one attached hydrogen (secondary N) is 3. The van der Waals surface area contributed by atoms with Gasteiger partial charge in [0.15, 0.2) is 0 Å². The van der Waals surface area contributed by atoms with E-state index in [4.69, 9.17) is 9.84 Å². The molecule has 39 heavy (non-hydrogen) atoms. The van der Waals surface area contributed by atoms with E-state index in [1.165, 1.54) is 0 Å². The van der Waals surface area contributed by atoms with E-state index in [1.54, 1.807) is 25.8 Å². The maximum absolute atomic E-state index is 13.5. The van der Waals surface area contributed by atoms with Crippen LogP contribution in [0.2, 0.25) is 0 Å². The van der Waals surface area contributed by atoms with Gasteiger partial charge in [0.05, 0.1) is 21.3 Å². The quantitative estimate of drug-likeness (QED) is 0.199. The number of methoxy groups -OCH3 is 1. The number of halogens is 1. The predicted molar refractivity (Wildman–Crippen MR) is 155 cm³/mol. The van der Waals surface area contributed by atoms with E-state index in [-0.39, 0.29) is 18.0 Å². The fraction of sp³-hybridized carbons (Fsp3) is 0.333. The molecule has 12 heteroatoms. The number of pyridine rings is 1. The lowest BCUT2D eigenvalue weighted by Gasteiger charge is -2.30. The van der Waals surface area contributed by atoms with E-state index < -0.39 is 6.09 Å². The number of aromatic nitrogens is 4. The van der Waals surface area contributed by atoms with Crippen LogP contribution >= 0.6 is 22.6 Å². The van der Waals surface area contributed by atoms with Gasteiger partial charge in [0.1, 0.15) is 12.4 Å². The molecule has 4 N–H and O–H groups in total. The number of carboxylic acid groups (broad SMARTS) is 1. The molecule has 2 amide bonds. The number of carbonyl (C=O) groups excluding carboxylic acids is 1. The lowest BCUT2D eigenvalue weighted by Crippen LogP contribution is -2.39. The van der Waals surface area contributed by atoms with Gasteiger partial charge in [0.2, 0.25) is 0 Å². The largest absolute Gasteiger partial charge is 0.465 e. The van der Waals surface area contributed by atoms with Crippen LogP contribution in [-0.2, 0) is 18.0 Å². The van der Waals surface area contributed by atoms with Gasteiger partial charge in [0.25, 0.3) is 5.91 Å². The third kappa shape index (κ3) is 6.17. The Hall–Kier alpha value is -3.65. The van der Waals surface area contributed by atoms with Crippen molar-refractivity contribution < 1.29 is 19.4 Å².